The van der Waals surface area contributed by atoms with E-state index in [1.54, 1.807) is 6.08 Å². The molecule has 1 fully saturated rings. The summed E-state index contributed by atoms with van der Waals surface area (Å²) >= 11 is 0. The molecule has 0 radical (unpaired) electrons. The van der Waals surface area contributed by atoms with Gasteiger partial charge in [-0.3, -0.25) is 9.69 Å². The van der Waals surface area contributed by atoms with Crippen LogP contribution in [0.5, 0.6) is 0 Å². The lowest BCUT2D eigenvalue weighted by Gasteiger charge is -2.32. The first-order valence-electron chi connectivity index (χ1n) is 10.6. The molecule has 30 heavy (non-hydrogen) atoms. The average Bonchev–Trinajstić information content (AvgIpc) is 3.00. The number of hydrogen-bond acceptors (Lipinski definition) is 4. The second kappa shape index (κ2) is 10.7. The Labute approximate surface area is 181 Å². The Balaban J connectivity index is 0.00000155. The van der Waals surface area contributed by atoms with E-state index in [-0.39, 0.29) is 11.3 Å². The summed E-state index contributed by atoms with van der Waals surface area (Å²) in [4.78, 5) is 17.4. The third-order valence-electron chi connectivity index (χ3n) is 5.75. The number of nitrogens with one attached hydrogen (secondary N) is 1. The molecule has 0 aromatic heterocycles. The van der Waals surface area contributed by atoms with Crippen molar-refractivity contribution in [2.45, 2.75) is 38.6 Å². The molecule has 5 nitrogen and oxygen atoms in total. The number of hydrogen-bond donors (Lipinski definition) is 2. The van der Waals surface area contributed by atoms with Gasteiger partial charge in [0.15, 0.2) is 0 Å². The Morgan fingerprint density at radius 1 is 1.33 bits per heavy atom. The number of amides is 1. The van der Waals surface area contributed by atoms with Crippen LogP contribution in [0.4, 0.5) is 5.69 Å². The first-order valence-corrected chi connectivity index (χ1v) is 10.6. The maximum Gasteiger partial charge on any atom is 0.241 e. The summed E-state index contributed by atoms with van der Waals surface area (Å²) in [7, 11) is 1.00. The quantitative estimate of drug-likeness (QED) is 0.707. The van der Waals surface area contributed by atoms with Crippen LogP contribution in [-0.2, 0) is 16.6 Å². The van der Waals surface area contributed by atoms with E-state index in [1.165, 1.54) is 11.1 Å². The molecule has 164 valence electrons. The topological polar surface area (TPSA) is 55.8 Å². The van der Waals surface area contributed by atoms with Crippen LogP contribution in [0, 0.1) is 0 Å². The van der Waals surface area contributed by atoms with Crippen LogP contribution in [0.1, 0.15) is 31.9 Å². The zero-order valence-electron chi connectivity index (χ0n) is 18.9. The minimum absolute atomic E-state index is 0.0293. The minimum atomic E-state index is -0.0293. The normalized spacial score (nSPS) is 20.8. The number of carbonyl (C=O) groups is 1. The monoisotopic (exact) mass is 411 g/mol. The van der Waals surface area contributed by atoms with Gasteiger partial charge in [-0.05, 0) is 36.1 Å². The Morgan fingerprint density at radius 2 is 2.07 bits per heavy atom. The van der Waals surface area contributed by atoms with Gasteiger partial charge in [-0.2, -0.15) is 0 Å². The lowest BCUT2D eigenvalue weighted by Crippen LogP contribution is -2.52. The van der Waals surface area contributed by atoms with Crippen LogP contribution >= 0.6 is 0 Å². The van der Waals surface area contributed by atoms with E-state index in [2.05, 4.69) is 62.3 Å². The van der Waals surface area contributed by atoms with Gasteiger partial charge in [-0.25, -0.2) is 0 Å². The molecule has 0 unspecified atom stereocenters. The van der Waals surface area contributed by atoms with Crippen molar-refractivity contribution in [1.82, 2.24) is 10.2 Å². The van der Waals surface area contributed by atoms with Gasteiger partial charge >= 0.3 is 0 Å². The number of nitrogens with zero attached hydrogens (tertiary/aromatic N) is 2. The number of carbonyl (C=O) groups excluding carboxylic acids is 1. The van der Waals surface area contributed by atoms with Crippen molar-refractivity contribution in [2.75, 3.05) is 44.7 Å². The van der Waals surface area contributed by atoms with Gasteiger partial charge in [0.25, 0.3) is 0 Å². The van der Waals surface area contributed by atoms with Gasteiger partial charge in [0.1, 0.15) is 0 Å². The van der Waals surface area contributed by atoms with Crippen LogP contribution in [0.15, 0.2) is 55.2 Å². The highest BCUT2D eigenvalue weighted by Crippen LogP contribution is 2.41. The van der Waals surface area contributed by atoms with Crippen molar-refractivity contribution in [2.24, 2.45) is 0 Å². The Hall–Kier alpha value is -2.21. The number of anilines is 1. The van der Waals surface area contributed by atoms with Crippen LogP contribution in [0.25, 0.3) is 0 Å². The molecule has 2 aliphatic rings. The van der Waals surface area contributed by atoms with Crippen molar-refractivity contribution in [3.05, 3.63) is 66.3 Å². The molecular formula is C25H37N3O2. The highest BCUT2D eigenvalue weighted by Gasteiger charge is 2.38. The van der Waals surface area contributed by atoms with Gasteiger partial charge in [-0.15, -0.1) is 0 Å². The van der Waals surface area contributed by atoms with Crippen LogP contribution in [-0.4, -0.2) is 61.8 Å². The first kappa shape index (κ1) is 24.1. The van der Waals surface area contributed by atoms with E-state index in [0.717, 1.165) is 51.0 Å². The molecule has 2 aliphatic heterocycles. The second-order valence-corrected chi connectivity index (χ2v) is 8.66. The maximum atomic E-state index is 13.2. The van der Waals surface area contributed by atoms with Crippen LogP contribution in [0.3, 0.4) is 0 Å². The van der Waals surface area contributed by atoms with Gasteiger partial charge in [0, 0.05) is 50.4 Å². The molecule has 1 saturated heterocycles. The largest absolute Gasteiger partial charge is 0.400 e. The molecular weight excluding hydrogens is 374 g/mol. The van der Waals surface area contributed by atoms with Gasteiger partial charge < -0.3 is 15.3 Å². The molecule has 1 amide bonds. The number of benzene rings is 1. The van der Waals surface area contributed by atoms with Crippen molar-refractivity contribution in [3.63, 3.8) is 0 Å². The summed E-state index contributed by atoms with van der Waals surface area (Å²) in [6.07, 6.45) is 6.43. The first-order chi connectivity index (χ1) is 14.3. The lowest BCUT2D eigenvalue weighted by atomic mass is 9.86. The number of allylic oxidation sites excluding steroid dienone is 4. The zero-order chi connectivity index (χ0) is 22.3. The number of piperazine rings is 1. The molecule has 0 saturated carbocycles. The lowest BCUT2D eigenvalue weighted by molar-refractivity contribution is -0.120. The minimum Gasteiger partial charge on any atom is -0.400 e. The predicted molar refractivity (Wildman–Crippen MR) is 126 cm³/mol. The maximum absolute atomic E-state index is 13.2. The molecule has 2 heterocycles. The molecule has 5 heteroatoms. The number of rotatable bonds is 6. The standard InChI is InChI=1S/C24H33N3O.CH4O/c1-6-8-19(7-2)13-20-9-10-21-22(14-20)27(17-24(21,4)5)23(28)16-26-12-11-25-18(3)15-26;1-2/h6-10,14,18,25H,1-2,11-13,15-17H2,3-5H3;2H,1H3/b19-8+;/t18-;/m1./s1. The van der Waals surface area contributed by atoms with Crippen molar-refractivity contribution >= 4 is 11.6 Å². The van der Waals surface area contributed by atoms with Crippen molar-refractivity contribution < 1.29 is 9.90 Å². The van der Waals surface area contributed by atoms with E-state index >= 15 is 0 Å². The fourth-order valence-corrected chi connectivity index (χ4v) is 4.29. The Bertz CT molecular complexity index is 798. The summed E-state index contributed by atoms with van der Waals surface area (Å²) in [5.41, 5.74) is 4.61. The van der Waals surface area contributed by atoms with Gasteiger partial charge in [-0.1, -0.05) is 57.4 Å². The number of fused-ring (bicyclic) bond motifs is 1. The number of aliphatic hydroxyl groups excluding tert-OH is 1. The van der Waals surface area contributed by atoms with Gasteiger partial charge in [0.05, 0.1) is 6.54 Å². The molecule has 0 aliphatic carbocycles. The summed E-state index contributed by atoms with van der Waals surface area (Å²) in [6.45, 7) is 18.3. The van der Waals surface area contributed by atoms with E-state index < -0.39 is 0 Å². The summed E-state index contributed by atoms with van der Waals surface area (Å²) < 4.78 is 0. The fourth-order valence-electron chi connectivity index (χ4n) is 4.29. The van der Waals surface area contributed by atoms with Crippen molar-refractivity contribution in [3.8, 4) is 0 Å². The molecule has 1 atom stereocenters. The average molecular weight is 412 g/mol. The summed E-state index contributed by atoms with van der Waals surface area (Å²) in [5.74, 6) is 0.198. The fraction of sp³-hybridized carbons (Fsp3) is 0.480. The van der Waals surface area contributed by atoms with E-state index in [4.69, 9.17) is 5.11 Å². The van der Waals surface area contributed by atoms with Crippen molar-refractivity contribution in [1.29, 1.82) is 0 Å². The predicted octanol–water partition coefficient (Wildman–Crippen LogP) is 3.05. The molecule has 1 aromatic carbocycles. The molecule has 3 rings (SSSR count). The second-order valence-electron chi connectivity index (χ2n) is 8.66. The summed E-state index contributed by atoms with van der Waals surface area (Å²) in [6, 6.07) is 6.99. The molecule has 1 aromatic rings. The molecule has 2 N–H and O–H groups in total. The smallest absolute Gasteiger partial charge is 0.241 e. The van der Waals surface area contributed by atoms with E-state index in [9.17, 15) is 4.79 Å². The Morgan fingerprint density at radius 3 is 2.70 bits per heavy atom. The summed E-state index contributed by atoms with van der Waals surface area (Å²) in [5, 5.41) is 10.4. The third kappa shape index (κ3) is 5.69. The van der Waals surface area contributed by atoms with E-state index in [0.29, 0.717) is 12.6 Å². The number of aliphatic hydroxyl groups is 1. The zero-order valence-corrected chi connectivity index (χ0v) is 18.9. The van der Waals surface area contributed by atoms with Crippen LogP contribution in [0.2, 0.25) is 0 Å². The Kier molecular flexibility index (Phi) is 8.59. The third-order valence-corrected chi connectivity index (χ3v) is 5.75. The van der Waals surface area contributed by atoms with Crippen LogP contribution < -0.4 is 10.2 Å². The van der Waals surface area contributed by atoms with Gasteiger partial charge in [0.2, 0.25) is 5.91 Å². The highest BCUT2D eigenvalue weighted by atomic mass is 16.2. The molecule has 0 bridgehead atoms. The highest BCUT2D eigenvalue weighted by molar-refractivity contribution is 5.97. The van der Waals surface area contributed by atoms with E-state index in [1.807, 2.05) is 17.1 Å². The SMILES string of the molecule is C=C/C=C(\C=C)Cc1ccc2c(c1)N(C(=O)CN1CCN[C@H](C)C1)CC2(C)C.CO. The molecule has 0 spiro atoms.